The molecule has 1 aromatic heterocycles. The summed E-state index contributed by atoms with van der Waals surface area (Å²) in [6.45, 7) is 8.65. The van der Waals surface area contributed by atoms with Gasteiger partial charge in [0.2, 0.25) is 0 Å². The van der Waals surface area contributed by atoms with E-state index in [0.717, 1.165) is 18.5 Å². The first-order valence-corrected chi connectivity index (χ1v) is 9.18. The van der Waals surface area contributed by atoms with Gasteiger partial charge in [0.25, 0.3) is 0 Å². The van der Waals surface area contributed by atoms with Crippen molar-refractivity contribution < 1.29 is 27.1 Å². The first kappa shape index (κ1) is 20.4. The third kappa shape index (κ3) is 5.15. The van der Waals surface area contributed by atoms with E-state index in [4.69, 9.17) is 9.15 Å². The van der Waals surface area contributed by atoms with Crippen LogP contribution in [0.25, 0.3) is 11.1 Å². The molecule has 1 amide bonds. The number of ether oxygens (including phenoxy) is 1. The van der Waals surface area contributed by atoms with E-state index in [1.54, 1.807) is 17.0 Å². The summed E-state index contributed by atoms with van der Waals surface area (Å²) < 4.78 is 48.4. The number of halogens is 3. The zero-order valence-corrected chi connectivity index (χ0v) is 16.2. The van der Waals surface area contributed by atoms with Crippen LogP contribution in [0.4, 0.5) is 18.0 Å². The molecule has 0 N–H and O–H groups in total. The molecule has 1 fully saturated rings. The first-order chi connectivity index (χ1) is 13.0. The number of alkyl halides is 3. The number of oxazole rings is 1. The molecule has 6 nitrogen and oxygen atoms in total. The molecule has 1 aliphatic heterocycles. The van der Waals surface area contributed by atoms with Crippen molar-refractivity contribution in [2.24, 2.45) is 0 Å². The van der Waals surface area contributed by atoms with Crippen LogP contribution in [-0.4, -0.2) is 52.7 Å². The molecule has 0 radical (unpaired) electrons. The second-order valence-corrected chi connectivity index (χ2v) is 7.92. The second-order valence-electron chi connectivity index (χ2n) is 7.92. The summed E-state index contributed by atoms with van der Waals surface area (Å²) in [5, 5.41) is 0. The predicted octanol–water partition coefficient (Wildman–Crippen LogP) is 4.29. The summed E-state index contributed by atoms with van der Waals surface area (Å²) in [7, 11) is 0. The molecular weight excluding hydrogens is 375 g/mol. The van der Waals surface area contributed by atoms with Gasteiger partial charge in [-0.1, -0.05) is 6.07 Å². The van der Waals surface area contributed by atoms with Gasteiger partial charge in [0.05, 0.1) is 0 Å². The number of benzene rings is 1. The van der Waals surface area contributed by atoms with E-state index in [9.17, 15) is 18.0 Å². The molecule has 2 aromatic rings. The van der Waals surface area contributed by atoms with Crippen LogP contribution < -0.4 is 0 Å². The van der Waals surface area contributed by atoms with Crippen molar-refractivity contribution in [1.29, 1.82) is 0 Å². The lowest BCUT2D eigenvalue weighted by molar-refractivity contribution is -0.156. The van der Waals surface area contributed by atoms with Crippen LogP contribution in [0.1, 0.15) is 38.6 Å². The number of hydrogen-bond acceptors (Lipinski definition) is 5. The van der Waals surface area contributed by atoms with Gasteiger partial charge >= 0.3 is 18.2 Å². The lowest BCUT2D eigenvalue weighted by Crippen LogP contribution is -2.39. The van der Waals surface area contributed by atoms with Gasteiger partial charge in [-0.2, -0.15) is 13.2 Å². The Morgan fingerprint density at radius 3 is 2.61 bits per heavy atom. The molecule has 2 heterocycles. The Labute approximate surface area is 161 Å². The molecule has 1 saturated heterocycles. The molecule has 1 aromatic carbocycles. The average molecular weight is 399 g/mol. The molecule has 0 bridgehead atoms. The van der Waals surface area contributed by atoms with Crippen molar-refractivity contribution >= 4 is 17.2 Å². The summed E-state index contributed by atoms with van der Waals surface area (Å²) in [5.74, 6) is -1.23. The smallest absolute Gasteiger partial charge is 0.444 e. The normalized spacial score (nSPS) is 17.0. The van der Waals surface area contributed by atoms with Crippen LogP contribution in [-0.2, 0) is 17.5 Å². The van der Waals surface area contributed by atoms with Crippen LogP contribution in [0.3, 0.4) is 0 Å². The van der Waals surface area contributed by atoms with E-state index in [1.807, 2.05) is 20.8 Å². The lowest BCUT2D eigenvalue weighted by atomic mass is 10.2. The monoisotopic (exact) mass is 399 g/mol. The summed E-state index contributed by atoms with van der Waals surface area (Å²) in [5.41, 5.74) is 0.615. The van der Waals surface area contributed by atoms with E-state index in [2.05, 4.69) is 9.88 Å². The maximum atomic E-state index is 12.7. The Bertz CT molecular complexity index is 842. The molecule has 0 saturated carbocycles. The summed E-state index contributed by atoms with van der Waals surface area (Å²) in [4.78, 5) is 19.6. The van der Waals surface area contributed by atoms with Crippen molar-refractivity contribution in [3.8, 4) is 0 Å². The largest absolute Gasteiger partial charge is 0.468 e. The molecule has 1 aliphatic rings. The molecular formula is C19H24F3N3O3. The molecule has 0 aliphatic carbocycles. The van der Waals surface area contributed by atoms with Crippen LogP contribution in [0.15, 0.2) is 22.6 Å². The first-order valence-electron chi connectivity index (χ1n) is 9.18. The third-order valence-electron chi connectivity index (χ3n) is 4.34. The number of nitrogens with zero attached hydrogens (tertiary/aromatic N) is 3. The third-order valence-corrected chi connectivity index (χ3v) is 4.34. The Kier molecular flexibility index (Phi) is 5.56. The van der Waals surface area contributed by atoms with Crippen molar-refractivity contribution in [3.63, 3.8) is 0 Å². The van der Waals surface area contributed by atoms with E-state index in [0.29, 0.717) is 26.2 Å². The van der Waals surface area contributed by atoms with Gasteiger partial charge in [-0.25, -0.2) is 9.78 Å². The van der Waals surface area contributed by atoms with Crippen LogP contribution in [0.5, 0.6) is 0 Å². The minimum Gasteiger partial charge on any atom is -0.444 e. The molecule has 0 unspecified atom stereocenters. The minimum atomic E-state index is -4.60. The van der Waals surface area contributed by atoms with E-state index in [1.165, 1.54) is 6.07 Å². The second kappa shape index (κ2) is 7.62. The number of hydrogen-bond donors (Lipinski definition) is 0. The highest BCUT2D eigenvalue weighted by atomic mass is 19.4. The maximum Gasteiger partial charge on any atom is 0.468 e. The van der Waals surface area contributed by atoms with Gasteiger partial charge in [-0.3, -0.25) is 4.90 Å². The van der Waals surface area contributed by atoms with E-state index in [-0.39, 0.29) is 17.2 Å². The Morgan fingerprint density at radius 2 is 1.93 bits per heavy atom. The highest BCUT2D eigenvalue weighted by Gasteiger charge is 2.37. The van der Waals surface area contributed by atoms with Gasteiger partial charge in [0.1, 0.15) is 11.1 Å². The van der Waals surface area contributed by atoms with E-state index < -0.39 is 17.7 Å². The minimum absolute atomic E-state index is 0.114. The maximum absolute atomic E-state index is 12.7. The number of fused-ring (bicyclic) bond motifs is 1. The van der Waals surface area contributed by atoms with Crippen LogP contribution >= 0.6 is 0 Å². The SMILES string of the molecule is CC(C)(C)OC(=O)N1CCCN(Cc2ccc3oc(C(F)(F)F)nc3c2)CC1. The quantitative estimate of drug-likeness (QED) is 0.754. The van der Waals surface area contributed by atoms with Gasteiger partial charge in [0, 0.05) is 32.7 Å². The molecule has 28 heavy (non-hydrogen) atoms. The number of rotatable bonds is 2. The fourth-order valence-electron chi connectivity index (χ4n) is 3.09. The van der Waals surface area contributed by atoms with E-state index >= 15 is 0 Å². The number of carbonyl (C=O) groups excluding carboxylic acids is 1. The van der Waals surface area contributed by atoms with Crippen molar-refractivity contribution in [2.75, 3.05) is 26.2 Å². The highest BCUT2D eigenvalue weighted by Crippen LogP contribution is 2.31. The fourth-order valence-corrected chi connectivity index (χ4v) is 3.09. The molecule has 0 atom stereocenters. The summed E-state index contributed by atoms with van der Waals surface area (Å²) in [6, 6.07) is 4.87. The van der Waals surface area contributed by atoms with Crippen molar-refractivity contribution in [1.82, 2.24) is 14.8 Å². The fraction of sp³-hybridized carbons (Fsp3) is 0.579. The number of amides is 1. The zero-order valence-electron chi connectivity index (χ0n) is 16.2. The lowest BCUT2D eigenvalue weighted by Gasteiger charge is -2.26. The Hall–Kier alpha value is -2.29. The summed E-state index contributed by atoms with van der Waals surface area (Å²) in [6.07, 6.45) is -4.13. The standard InChI is InChI=1S/C19H24F3N3O3/c1-18(2,3)28-17(26)25-8-4-7-24(9-10-25)12-13-5-6-15-14(11-13)23-16(27-15)19(20,21)22/h5-6,11H,4,7-10,12H2,1-3H3. The average Bonchev–Trinajstić information content (AvgIpc) is 2.86. The predicted molar refractivity (Wildman–Crippen MR) is 96.7 cm³/mol. The molecule has 0 spiro atoms. The van der Waals surface area contributed by atoms with Gasteiger partial charge < -0.3 is 14.1 Å². The Balaban J connectivity index is 1.63. The Morgan fingerprint density at radius 1 is 1.18 bits per heavy atom. The van der Waals surface area contributed by atoms with Gasteiger partial charge in [0.15, 0.2) is 5.58 Å². The molecule has 3 rings (SSSR count). The molecule has 9 heteroatoms. The zero-order chi connectivity index (χ0) is 20.5. The molecule has 154 valence electrons. The number of aromatic nitrogens is 1. The topological polar surface area (TPSA) is 58.8 Å². The van der Waals surface area contributed by atoms with Crippen LogP contribution in [0, 0.1) is 0 Å². The van der Waals surface area contributed by atoms with Gasteiger partial charge in [-0.15, -0.1) is 0 Å². The van der Waals surface area contributed by atoms with Gasteiger partial charge in [-0.05, 0) is 44.9 Å². The summed E-state index contributed by atoms with van der Waals surface area (Å²) >= 11 is 0. The highest BCUT2D eigenvalue weighted by molar-refractivity contribution is 5.73. The van der Waals surface area contributed by atoms with Crippen molar-refractivity contribution in [3.05, 3.63) is 29.7 Å². The number of carbonyl (C=O) groups is 1. The van der Waals surface area contributed by atoms with Crippen LogP contribution in [0.2, 0.25) is 0 Å². The van der Waals surface area contributed by atoms with Crippen molar-refractivity contribution in [2.45, 2.75) is 45.5 Å².